The fourth-order valence-electron chi connectivity index (χ4n) is 4.29. The molecule has 1 saturated heterocycles. The van der Waals surface area contributed by atoms with E-state index in [1.807, 2.05) is 0 Å². The Labute approximate surface area is 221 Å². The topological polar surface area (TPSA) is 200 Å². The zero-order valence-corrected chi connectivity index (χ0v) is 21.2. The smallest absolute Gasteiger partial charge is 0.346 e. The van der Waals surface area contributed by atoms with Crippen LogP contribution in [0.15, 0.2) is 41.8 Å². The molecule has 15 heteroatoms. The summed E-state index contributed by atoms with van der Waals surface area (Å²) in [5, 5.41) is 14.6. The highest BCUT2D eigenvalue weighted by Gasteiger charge is 2.50. The third kappa shape index (κ3) is 5.12. The van der Waals surface area contributed by atoms with Gasteiger partial charge in [-0.2, -0.15) is 9.97 Å². The van der Waals surface area contributed by atoms with Crippen LogP contribution in [0.2, 0.25) is 5.28 Å². The minimum Gasteiger partial charge on any atom is -0.463 e. The molecule has 1 aliphatic rings. The summed E-state index contributed by atoms with van der Waals surface area (Å²) >= 11 is 5.95. The number of hydrogen-bond donors (Lipinski definition) is 2. The first-order valence-corrected chi connectivity index (χ1v) is 12.0. The van der Waals surface area contributed by atoms with Gasteiger partial charge in [-0.3, -0.25) is 9.36 Å². The van der Waals surface area contributed by atoms with Gasteiger partial charge >= 0.3 is 5.97 Å². The number of nitrogen functional groups attached to an aromatic ring is 1. The SMILES string of the molecule is CCOC(=O)C(Cc1ccccc1)(OC[C@H]1O[C@@H](n2cnc3c(N)nc(Cl)nc32)[C@@H](N=[N+]=[N-])[C@@H]1O)C(C)=O. The molecular formula is C23H25ClN8O6. The molecule has 1 aromatic carbocycles. The molecule has 0 radical (unpaired) electrons. The molecule has 0 saturated carbocycles. The van der Waals surface area contributed by atoms with Gasteiger partial charge < -0.3 is 25.1 Å². The van der Waals surface area contributed by atoms with Crippen LogP contribution in [0.5, 0.6) is 0 Å². The fourth-order valence-corrected chi connectivity index (χ4v) is 4.46. The second kappa shape index (κ2) is 11.3. The molecule has 3 heterocycles. The number of rotatable bonds is 10. The number of aliphatic hydroxyl groups is 1. The number of hydrogen-bond acceptors (Lipinski definition) is 11. The maximum absolute atomic E-state index is 13.0. The van der Waals surface area contributed by atoms with Crippen LogP contribution < -0.4 is 5.73 Å². The Morgan fingerprint density at radius 1 is 1.34 bits per heavy atom. The molecule has 2 aromatic heterocycles. The number of ether oxygens (including phenoxy) is 3. The monoisotopic (exact) mass is 544 g/mol. The van der Waals surface area contributed by atoms with Crippen molar-refractivity contribution in [1.29, 1.82) is 0 Å². The number of carbonyl (C=O) groups excluding carboxylic acids is 2. The summed E-state index contributed by atoms with van der Waals surface area (Å²) < 4.78 is 18.5. The normalized spacial score (nSPS) is 22.5. The number of anilines is 1. The van der Waals surface area contributed by atoms with Crippen molar-refractivity contribution in [2.24, 2.45) is 5.11 Å². The van der Waals surface area contributed by atoms with Crippen molar-refractivity contribution in [2.45, 2.75) is 50.3 Å². The van der Waals surface area contributed by atoms with E-state index in [1.54, 1.807) is 37.3 Å². The lowest BCUT2D eigenvalue weighted by Gasteiger charge is -2.30. The standard InChI is InChI=1S/C23H25ClN8O6/c1-3-36-21(35)23(12(2)33,9-13-7-5-4-6-8-13)37-10-14-17(34)15(30-31-26)20(38-14)32-11-27-16-18(25)28-22(24)29-19(16)32/h4-8,11,14-15,17,20,34H,3,9-10H2,1-2H3,(H2,25,28,29)/t14-,15+,17-,20-,23?/m1/s1. The number of aromatic nitrogens is 4. The highest BCUT2D eigenvalue weighted by atomic mass is 35.5. The van der Waals surface area contributed by atoms with Gasteiger partial charge in [-0.15, -0.1) is 0 Å². The van der Waals surface area contributed by atoms with Crippen LogP contribution in [0.3, 0.4) is 0 Å². The summed E-state index contributed by atoms with van der Waals surface area (Å²) in [6.07, 6.45) is -2.36. The van der Waals surface area contributed by atoms with Crippen molar-refractivity contribution >= 4 is 40.3 Å². The van der Waals surface area contributed by atoms with Crippen LogP contribution in [-0.4, -0.2) is 73.4 Å². The minimum absolute atomic E-state index is 0.0247. The summed E-state index contributed by atoms with van der Waals surface area (Å²) in [7, 11) is 0. The molecule has 200 valence electrons. The van der Waals surface area contributed by atoms with Gasteiger partial charge in [0.2, 0.25) is 10.9 Å². The van der Waals surface area contributed by atoms with E-state index in [0.29, 0.717) is 5.56 Å². The minimum atomic E-state index is -2.00. The predicted octanol–water partition coefficient (Wildman–Crippen LogP) is 2.15. The lowest BCUT2D eigenvalue weighted by atomic mass is 9.90. The van der Waals surface area contributed by atoms with Crippen LogP contribution in [-0.2, 0) is 30.2 Å². The number of nitrogens with zero attached hydrogens (tertiary/aromatic N) is 7. The van der Waals surface area contributed by atoms with E-state index in [4.69, 9.17) is 37.1 Å². The van der Waals surface area contributed by atoms with Crippen molar-refractivity contribution in [2.75, 3.05) is 18.9 Å². The largest absolute Gasteiger partial charge is 0.463 e. The quantitative estimate of drug-likeness (QED) is 0.0950. The van der Waals surface area contributed by atoms with Crippen LogP contribution in [0, 0.1) is 0 Å². The van der Waals surface area contributed by atoms with Crippen LogP contribution in [0.25, 0.3) is 21.6 Å². The van der Waals surface area contributed by atoms with Gasteiger partial charge in [0.15, 0.2) is 17.2 Å². The summed E-state index contributed by atoms with van der Waals surface area (Å²) in [6.45, 7) is 2.45. The Morgan fingerprint density at radius 3 is 2.74 bits per heavy atom. The number of azide groups is 1. The van der Waals surface area contributed by atoms with E-state index >= 15 is 0 Å². The van der Waals surface area contributed by atoms with Crippen molar-refractivity contribution in [3.63, 3.8) is 0 Å². The molecule has 0 amide bonds. The Hall–Kier alpha value is -3.81. The first-order valence-electron chi connectivity index (χ1n) is 11.6. The second-order valence-corrected chi connectivity index (χ2v) is 8.87. The Bertz CT molecular complexity index is 1380. The lowest BCUT2D eigenvalue weighted by molar-refractivity contribution is -0.183. The molecule has 5 atom stereocenters. The zero-order valence-electron chi connectivity index (χ0n) is 20.5. The van der Waals surface area contributed by atoms with Gasteiger partial charge in [0, 0.05) is 11.3 Å². The summed E-state index contributed by atoms with van der Waals surface area (Å²) in [4.78, 5) is 40.9. The van der Waals surface area contributed by atoms with Crippen molar-refractivity contribution in [3.8, 4) is 0 Å². The highest BCUT2D eigenvalue weighted by Crippen LogP contribution is 2.35. The third-order valence-electron chi connectivity index (χ3n) is 6.18. The average Bonchev–Trinajstić information content (AvgIpc) is 3.43. The van der Waals surface area contributed by atoms with Crippen molar-refractivity contribution in [3.05, 3.63) is 57.9 Å². The number of halogens is 1. The lowest BCUT2D eigenvalue weighted by Crippen LogP contribution is -2.52. The van der Waals surface area contributed by atoms with E-state index in [2.05, 4.69) is 25.0 Å². The highest BCUT2D eigenvalue weighted by molar-refractivity contribution is 6.28. The number of carbonyl (C=O) groups is 2. The molecule has 38 heavy (non-hydrogen) atoms. The molecule has 1 aliphatic heterocycles. The maximum Gasteiger partial charge on any atom is 0.346 e. The van der Waals surface area contributed by atoms with Crippen molar-refractivity contribution in [1.82, 2.24) is 19.5 Å². The molecule has 0 spiro atoms. The zero-order chi connectivity index (χ0) is 27.4. The van der Waals surface area contributed by atoms with Gasteiger partial charge in [-0.25, -0.2) is 9.78 Å². The molecular weight excluding hydrogens is 520 g/mol. The summed E-state index contributed by atoms with van der Waals surface area (Å²) in [5.41, 5.74) is 14.1. The molecule has 4 rings (SSSR count). The molecule has 0 bridgehead atoms. The molecule has 3 N–H and O–H groups in total. The number of Topliss-reactive ketones (excluding diaryl/α,β-unsaturated/α-hetero) is 1. The van der Waals surface area contributed by atoms with Gasteiger partial charge in [0.1, 0.15) is 23.9 Å². The van der Waals surface area contributed by atoms with Gasteiger partial charge in [0.25, 0.3) is 0 Å². The number of imidazole rings is 1. The third-order valence-corrected chi connectivity index (χ3v) is 6.35. The second-order valence-electron chi connectivity index (χ2n) is 8.53. The van der Waals surface area contributed by atoms with E-state index < -0.39 is 48.4 Å². The van der Waals surface area contributed by atoms with Crippen LogP contribution >= 0.6 is 11.6 Å². The van der Waals surface area contributed by atoms with Gasteiger partial charge in [-0.1, -0.05) is 35.4 Å². The van der Waals surface area contributed by atoms with E-state index in [-0.39, 0.29) is 35.3 Å². The Morgan fingerprint density at radius 2 is 2.08 bits per heavy atom. The maximum atomic E-state index is 13.0. The van der Waals surface area contributed by atoms with E-state index in [9.17, 15) is 14.7 Å². The van der Waals surface area contributed by atoms with E-state index in [0.717, 1.165) is 0 Å². The summed E-state index contributed by atoms with van der Waals surface area (Å²) in [5.74, 6) is -1.42. The molecule has 1 unspecified atom stereocenters. The first kappa shape index (κ1) is 27.2. The Balaban J connectivity index is 1.65. The number of esters is 1. The first-order chi connectivity index (χ1) is 18.2. The molecule has 1 fully saturated rings. The molecule has 3 aromatic rings. The molecule has 14 nitrogen and oxygen atoms in total. The van der Waals surface area contributed by atoms with E-state index in [1.165, 1.54) is 17.8 Å². The molecule has 0 aliphatic carbocycles. The van der Waals surface area contributed by atoms with Crippen LogP contribution in [0.1, 0.15) is 25.6 Å². The van der Waals surface area contributed by atoms with Crippen molar-refractivity contribution < 1.29 is 28.9 Å². The number of nitrogens with two attached hydrogens (primary N) is 1. The number of fused-ring (bicyclic) bond motifs is 1. The fraction of sp³-hybridized carbons (Fsp3) is 0.435. The Kier molecular flexibility index (Phi) is 8.09. The predicted molar refractivity (Wildman–Crippen MR) is 134 cm³/mol. The van der Waals surface area contributed by atoms with Gasteiger partial charge in [-0.05, 0) is 36.5 Å². The summed E-state index contributed by atoms with van der Waals surface area (Å²) in [6, 6.07) is 7.68. The number of aliphatic hydroxyl groups excluding tert-OH is 1. The number of ketones is 1. The van der Waals surface area contributed by atoms with Crippen LogP contribution in [0.4, 0.5) is 5.82 Å². The average molecular weight is 545 g/mol. The van der Waals surface area contributed by atoms with Gasteiger partial charge in [0.05, 0.1) is 25.6 Å². The number of benzene rings is 1.